The Bertz CT molecular complexity index is 460. The Kier molecular flexibility index (Phi) is 7.65. The molecular weight excluding hydrogens is 270 g/mol. The van der Waals surface area contributed by atoms with E-state index in [9.17, 15) is 0 Å². The molecule has 0 saturated heterocycles. The van der Waals surface area contributed by atoms with Gasteiger partial charge in [-0.3, -0.25) is 5.43 Å². The van der Waals surface area contributed by atoms with Gasteiger partial charge in [-0.15, -0.1) is 0 Å². The van der Waals surface area contributed by atoms with Crippen molar-refractivity contribution in [3.8, 4) is 5.75 Å². The number of thiocarbonyl (C=S) groups is 1. The Labute approximate surface area is 126 Å². The predicted octanol–water partition coefficient (Wildman–Crippen LogP) is 3.07. The molecule has 0 heterocycles. The summed E-state index contributed by atoms with van der Waals surface area (Å²) in [6.07, 6.45) is 3.53. The second kappa shape index (κ2) is 9.31. The number of unbranched alkanes of at least 4 members (excludes halogenated alkanes) is 2. The van der Waals surface area contributed by atoms with Crippen LogP contribution in [0.4, 0.5) is 0 Å². The van der Waals surface area contributed by atoms with Gasteiger partial charge >= 0.3 is 0 Å². The van der Waals surface area contributed by atoms with Crippen molar-refractivity contribution in [1.29, 1.82) is 0 Å². The molecule has 1 rings (SSSR count). The minimum atomic E-state index is 0.551. The molecule has 0 aliphatic rings. The van der Waals surface area contributed by atoms with Gasteiger partial charge in [-0.1, -0.05) is 31.9 Å². The third kappa shape index (κ3) is 5.57. The van der Waals surface area contributed by atoms with Crippen LogP contribution in [0.15, 0.2) is 29.4 Å². The number of nitrogens with one attached hydrogen (secondary N) is 2. The molecule has 5 heteroatoms. The first kappa shape index (κ1) is 16.4. The van der Waals surface area contributed by atoms with Crippen LogP contribution in [0.25, 0.3) is 0 Å². The molecule has 0 saturated carbocycles. The predicted molar refractivity (Wildman–Crippen MR) is 88.5 cm³/mol. The minimum Gasteiger partial charge on any atom is -0.496 e. The number of benzene rings is 1. The molecule has 0 aromatic heterocycles. The van der Waals surface area contributed by atoms with Crippen molar-refractivity contribution in [2.45, 2.75) is 33.1 Å². The standard InChI is InChI=1S/C15H23N3OS/c1-4-5-8-11-16-15(20)18-17-12(2)13-9-6-7-10-14(13)19-3/h6-7,9-10H,4-5,8,11H2,1-3H3,(H2,16,18,20)/b17-12-. The third-order valence-electron chi connectivity index (χ3n) is 2.89. The SMILES string of the molecule is CCCCCNC(=S)N/N=C(/C)c1ccccc1OC. The molecule has 20 heavy (non-hydrogen) atoms. The Balaban J connectivity index is 2.50. The summed E-state index contributed by atoms with van der Waals surface area (Å²) in [7, 11) is 1.65. The molecule has 0 fully saturated rings. The van der Waals surface area contributed by atoms with Gasteiger partial charge in [-0.2, -0.15) is 5.10 Å². The maximum absolute atomic E-state index is 5.31. The zero-order chi connectivity index (χ0) is 14.8. The van der Waals surface area contributed by atoms with Crippen LogP contribution in [-0.2, 0) is 0 Å². The summed E-state index contributed by atoms with van der Waals surface area (Å²) in [4.78, 5) is 0. The van der Waals surface area contributed by atoms with Gasteiger partial charge in [0.2, 0.25) is 0 Å². The molecule has 0 aliphatic carbocycles. The maximum Gasteiger partial charge on any atom is 0.186 e. The van der Waals surface area contributed by atoms with E-state index in [1.807, 2.05) is 31.2 Å². The van der Waals surface area contributed by atoms with Crippen LogP contribution in [0.5, 0.6) is 5.75 Å². The van der Waals surface area contributed by atoms with Crippen molar-refractivity contribution in [2.24, 2.45) is 5.10 Å². The number of rotatable bonds is 7. The Hall–Kier alpha value is -1.62. The number of para-hydroxylation sites is 1. The van der Waals surface area contributed by atoms with Gasteiger partial charge in [0.25, 0.3) is 0 Å². The average Bonchev–Trinajstić information content (AvgIpc) is 2.49. The maximum atomic E-state index is 5.31. The highest BCUT2D eigenvalue weighted by Crippen LogP contribution is 2.17. The Morgan fingerprint density at radius 1 is 1.30 bits per heavy atom. The molecule has 1 aromatic carbocycles. The number of hydrogen-bond donors (Lipinski definition) is 2. The number of ether oxygens (including phenoxy) is 1. The van der Waals surface area contributed by atoms with Gasteiger partial charge in [-0.05, 0) is 37.7 Å². The highest BCUT2D eigenvalue weighted by molar-refractivity contribution is 7.80. The van der Waals surface area contributed by atoms with Gasteiger partial charge < -0.3 is 10.1 Å². The van der Waals surface area contributed by atoms with E-state index in [0.717, 1.165) is 30.0 Å². The first-order valence-corrected chi connectivity index (χ1v) is 7.31. The molecule has 110 valence electrons. The van der Waals surface area contributed by atoms with Crippen LogP contribution in [0.2, 0.25) is 0 Å². The van der Waals surface area contributed by atoms with Crippen LogP contribution < -0.4 is 15.5 Å². The molecular formula is C15H23N3OS. The Morgan fingerprint density at radius 2 is 2.05 bits per heavy atom. The smallest absolute Gasteiger partial charge is 0.186 e. The van der Waals surface area contributed by atoms with E-state index in [1.54, 1.807) is 7.11 Å². The van der Waals surface area contributed by atoms with E-state index in [2.05, 4.69) is 22.8 Å². The number of nitrogens with zero attached hydrogens (tertiary/aromatic N) is 1. The van der Waals surface area contributed by atoms with Crippen molar-refractivity contribution >= 4 is 23.0 Å². The van der Waals surface area contributed by atoms with Crippen LogP contribution in [-0.4, -0.2) is 24.5 Å². The van der Waals surface area contributed by atoms with Crippen LogP contribution in [0.3, 0.4) is 0 Å². The van der Waals surface area contributed by atoms with E-state index in [1.165, 1.54) is 12.8 Å². The molecule has 0 aliphatic heterocycles. The van der Waals surface area contributed by atoms with E-state index >= 15 is 0 Å². The summed E-state index contributed by atoms with van der Waals surface area (Å²) in [5, 5.41) is 7.97. The average molecular weight is 293 g/mol. The quantitative estimate of drug-likeness (QED) is 0.351. The lowest BCUT2D eigenvalue weighted by Gasteiger charge is -2.09. The van der Waals surface area contributed by atoms with Crippen LogP contribution in [0.1, 0.15) is 38.7 Å². The Morgan fingerprint density at radius 3 is 2.75 bits per heavy atom. The number of methoxy groups -OCH3 is 1. The second-order valence-electron chi connectivity index (χ2n) is 4.47. The lowest BCUT2D eigenvalue weighted by molar-refractivity contribution is 0.414. The highest BCUT2D eigenvalue weighted by Gasteiger charge is 2.04. The first-order chi connectivity index (χ1) is 9.69. The van der Waals surface area contributed by atoms with Crippen molar-refractivity contribution < 1.29 is 4.74 Å². The summed E-state index contributed by atoms with van der Waals surface area (Å²) in [5.74, 6) is 0.803. The van der Waals surface area contributed by atoms with Gasteiger partial charge in [0.1, 0.15) is 5.75 Å². The lowest BCUT2D eigenvalue weighted by Crippen LogP contribution is -2.33. The fraction of sp³-hybridized carbons (Fsp3) is 0.467. The molecule has 0 radical (unpaired) electrons. The molecule has 1 aromatic rings. The molecule has 0 bridgehead atoms. The monoisotopic (exact) mass is 293 g/mol. The van der Waals surface area contributed by atoms with Crippen molar-refractivity contribution in [3.05, 3.63) is 29.8 Å². The molecule has 0 atom stereocenters. The van der Waals surface area contributed by atoms with Crippen molar-refractivity contribution in [1.82, 2.24) is 10.7 Å². The summed E-state index contributed by atoms with van der Waals surface area (Å²) in [5.41, 5.74) is 4.65. The zero-order valence-electron chi connectivity index (χ0n) is 12.4. The van der Waals surface area contributed by atoms with Gasteiger partial charge in [0.15, 0.2) is 5.11 Å². The fourth-order valence-corrected chi connectivity index (χ4v) is 1.90. The van der Waals surface area contributed by atoms with Gasteiger partial charge in [-0.25, -0.2) is 0 Å². The molecule has 0 amide bonds. The van der Waals surface area contributed by atoms with E-state index in [4.69, 9.17) is 17.0 Å². The molecule has 0 unspecified atom stereocenters. The molecule has 4 nitrogen and oxygen atoms in total. The minimum absolute atomic E-state index is 0.551. The number of hydrogen-bond acceptors (Lipinski definition) is 3. The summed E-state index contributed by atoms with van der Waals surface area (Å²) >= 11 is 5.17. The largest absolute Gasteiger partial charge is 0.496 e. The van der Waals surface area contributed by atoms with E-state index < -0.39 is 0 Å². The van der Waals surface area contributed by atoms with E-state index in [-0.39, 0.29) is 0 Å². The second-order valence-corrected chi connectivity index (χ2v) is 4.88. The topological polar surface area (TPSA) is 45.7 Å². The summed E-state index contributed by atoms with van der Waals surface area (Å²) in [6.45, 7) is 4.98. The third-order valence-corrected chi connectivity index (χ3v) is 3.12. The normalized spacial score (nSPS) is 11.1. The van der Waals surface area contributed by atoms with Crippen molar-refractivity contribution in [3.63, 3.8) is 0 Å². The highest BCUT2D eigenvalue weighted by atomic mass is 32.1. The molecule has 2 N–H and O–H groups in total. The first-order valence-electron chi connectivity index (χ1n) is 6.90. The number of hydrazone groups is 1. The van der Waals surface area contributed by atoms with E-state index in [0.29, 0.717) is 5.11 Å². The molecule has 0 spiro atoms. The fourth-order valence-electron chi connectivity index (χ4n) is 1.75. The summed E-state index contributed by atoms with van der Waals surface area (Å²) in [6, 6.07) is 7.77. The van der Waals surface area contributed by atoms with Gasteiger partial charge in [0, 0.05) is 12.1 Å². The van der Waals surface area contributed by atoms with Crippen LogP contribution in [0, 0.1) is 0 Å². The summed E-state index contributed by atoms with van der Waals surface area (Å²) < 4.78 is 5.31. The zero-order valence-corrected chi connectivity index (χ0v) is 13.2. The van der Waals surface area contributed by atoms with Crippen LogP contribution >= 0.6 is 12.2 Å². The lowest BCUT2D eigenvalue weighted by atomic mass is 10.1. The van der Waals surface area contributed by atoms with Crippen molar-refractivity contribution in [2.75, 3.05) is 13.7 Å². The van der Waals surface area contributed by atoms with Gasteiger partial charge in [0.05, 0.1) is 12.8 Å².